The summed E-state index contributed by atoms with van der Waals surface area (Å²) in [7, 11) is 3.23. The summed E-state index contributed by atoms with van der Waals surface area (Å²) in [6.07, 6.45) is 3.00. The Balaban J connectivity index is 1.94. The van der Waals surface area contributed by atoms with Crippen molar-refractivity contribution in [1.29, 1.82) is 0 Å². The van der Waals surface area contributed by atoms with Gasteiger partial charge in [-0.1, -0.05) is 13.8 Å². The minimum Gasteiger partial charge on any atom is -0.345 e. The number of hydroxylamine groups is 2. The first-order valence-electron chi connectivity index (χ1n) is 13.2. The molecule has 3 aromatic rings. The summed E-state index contributed by atoms with van der Waals surface area (Å²) in [5.41, 5.74) is 2.34. The lowest BCUT2D eigenvalue weighted by molar-refractivity contribution is -0.107. The summed E-state index contributed by atoms with van der Waals surface area (Å²) in [6, 6.07) is 1.41. The van der Waals surface area contributed by atoms with Crippen LogP contribution >= 0.6 is 11.3 Å². The molecule has 1 saturated heterocycles. The van der Waals surface area contributed by atoms with Crippen LogP contribution in [0.5, 0.6) is 0 Å². The summed E-state index contributed by atoms with van der Waals surface area (Å²) in [6.45, 7) is 10.3. The molecular weight excluding hydrogens is 534 g/mol. The maximum Gasteiger partial charge on any atom is 0.346 e. The molecule has 0 radical (unpaired) electrons. The number of amides is 3. The van der Waals surface area contributed by atoms with Gasteiger partial charge in [-0.25, -0.2) is 19.5 Å². The fourth-order valence-corrected chi connectivity index (χ4v) is 6.07. The molecule has 13 heteroatoms. The van der Waals surface area contributed by atoms with E-state index >= 15 is 0 Å². The quantitative estimate of drug-likeness (QED) is 0.392. The van der Waals surface area contributed by atoms with Crippen LogP contribution in [0.25, 0.3) is 5.82 Å². The van der Waals surface area contributed by atoms with Crippen LogP contribution in [0.3, 0.4) is 0 Å². The zero-order valence-electron chi connectivity index (χ0n) is 23.8. The molecule has 1 aliphatic rings. The molecule has 4 rings (SSSR count). The smallest absolute Gasteiger partial charge is 0.345 e. The standard InChI is InChI=1S/C27H35N7O5S/c1-8-19-18(17(5)34(30-19)21-9-10-28-27(38)29-21)11-20-22(25(37)33-12-16(4)13-39-33)23(24(36)31(6)7)26(40-20)32(14-35)15(2)3/h9-10,14-16H,8,11-13H2,1-7H3,(H,28,29,38). The number of aromatic nitrogens is 4. The normalized spacial score (nSPS) is 15.1. The Morgan fingerprint density at radius 3 is 2.58 bits per heavy atom. The lowest BCUT2D eigenvalue weighted by Crippen LogP contribution is -2.34. The van der Waals surface area contributed by atoms with E-state index < -0.39 is 11.6 Å². The van der Waals surface area contributed by atoms with Gasteiger partial charge in [0.25, 0.3) is 11.8 Å². The molecule has 0 spiro atoms. The van der Waals surface area contributed by atoms with E-state index in [9.17, 15) is 19.2 Å². The van der Waals surface area contributed by atoms with Gasteiger partial charge in [-0.05, 0) is 33.3 Å². The molecule has 0 saturated carbocycles. The maximum atomic E-state index is 14.0. The monoisotopic (exact) mass is 569 g/mol. The van der Waals surface area contributed by atoms with Gasteiger partial charge in [0, 0.05) is 54.8 Å². The molecule has 3 amide bonds. The van der Waals surface area contributed by atoms with Crippen molar-refractivity contribution < 1.29 is 19.2 Å². The largest absolute Gasteiger partial charge is 0.346 e. The second-order valence-corrected chi connectivity index (χ2v) is 11.5. The topological polar surface area (TPSA) is 134 Å². The number of hydrogen-bond acceptors (Lipinski definition) is 8. The third-order valence-electron chi connectivity index (χ3n) is 6.80. The minimum atomic E-state index is -0.489. The predicted octanol–water partition coefficient (Wildman–Crippen LogP) is 2.58. The van der Waals surface area contributed by atoms with Crippen LogP contribution in [0, 0.1) is 12.8 Å². The second kappa shape index (κ2) is 11.7. The highest BCUT2D eigenvalue weighted by atomic mass is 32.1. The number of thiophene rings is 1. The number of rotatable bonds is 9. The third-order valence-corrected chi connectivity index (χ3v) is 8.01. The number of carbonyl (C=O) groups excluding carboxylic acids is 3. The second-order valence-electron chi connectivity index (χ2n) is 10.4. The molecular formula is C27H35N7O5S. The summed E-state index contributed by atoms with van der Waals surface area (Å²) >= 11 is 1.25. The van der Waals surface area contributed by atoms with Gasteiger partial charge in [-0.2, -0.15) is 5.10 Å². The molecule has 1 aliphatic heterocycles. The van der Waals surface area contributed by atoms with Crippen LogP contribution in [-0.4, -0.2) is 81.2 Å². The molecule has 40 heavy (non-hydrogen) atoms. The Morgan fingerprint density at radius 1 is 1.30 bits per heavy atom. The highest BCUT2D eigenvalue weighted by molar-refractivity contribution is 7.17. The number of nitrogens with zero attached hydrogens (tertiary/aromatic N) is 6. The molecule has 1 N–H and O–H groups in total. The Morgan fingerprint density at radius 2 is 2.02 bits per heavy atom. The number of aromatic amines is 1. The average Bonchev–Trinajstić information content (AvgIpc) is 3.59. The molecule has 1 unspecified atom stereocenters. The first-order chi connectivity index (χ1) is 19.0. The van der Waals surface area contributed by atoms with Gasteiger partial charge in [-0.15, -0.1) is 11.3 Å². The van der Waals surface area contributed by atoms with E-state index in [1.54, 1.807) is 24.8 Å². The Bertz CT molecular complexity index is 1490. The molecule has 214 valence electrons. The Kier molecular flexibility index (Phi) is 8.54. The van der Waals surface area contributed by atoms with Crippen molar-refractivity contribution in [3.05, 3.63) is 55.7 Å². The SMILES string of the molecule is CCc1nn(-c2ccnc(=O)[nH]2)c(C)c1Cc1sc(N(C=O)C(C)C)c(C(=O)N(C)C)c1C(=O)N1CC(C)CO1. The third kappa shape index (κ3) is 5.43. The van der Waals surface area contributed by atoms with Crippen molar-refractivity contribution in [1.82, 2.24) is 29.7 Å². The first-order valence-corrected chi connectivity index (χ1v) is 14.0. The highest BCUT2D eigenvalue weighted by Gasteiger charge is 2.37. The first kappa shape index (κ1) is 29.2. The Hall–Kier alpha value is -3.84. The molecule has 1 fully saturated rings. The molecule has 12 nitrogen and oxygen atoms in total. The van der Waals surface area contributed by atoms with Gasteiger partial charge >= 0.3 is 5.69 Å². The van der Waals surface area contributed by atoms with Gasteiger partial charge in [-0.3, -0.25) is 24.2 Å². The van der Waals surface area contributed by atoms with E-state index in [-0.39, 0.29) is 35.4 Å². The fraction of sp³-hybridized carbons (Fsp3) is 0.481. The maximum absolute atomic E-state index is 14.0. The number of aryl methyl sites for hydroxylation is 1. The van der Waals surface area contributed by atoms with Crippen LogP contribution in [-0.2, 0) is 22.5 Å². The van der Waals surface area contributed by atoms with E-state index in [1.165, 1.54) is 32.4 Å². The van der Waals surface area contributed by atoms with Gasteiger partial charge in [0.1, 0.15) is 10.8 Å². The molecule has 4 heterocycles. The highest BCUT2D eigenvalue weighted by Crippen LogP contribution is 2.40. The van der Waals surface area contributed by atoms with Crippen molar-refractivity contribution in [2.24, 2.45) is 5.92 Å². The van der Waals surface area contributed by atoms with Crippen LogP contribution in [0.4, 0.5) is 5.00 Å². The minimum absolute atomic E-state index is 0.148. The van der Waals surface area contributed by atoms with E-state index in [0.29, 0.717) is 41.7 Å². The number of hydrogen-bond donors (Lipinski definition) is 1. The van der Waals surface area contributed by atoms with Crippen molar-refractivity contribution in [2.75, 3.05) is 32.1 Å². The zero-order valence-corrected chi connectivity index (χ0v) is 24.7. The number of nitrogens with one attached hydrogen (secondary N) is 1. The van der Waals surface area contributed by atoms with Gasteiger partial charge in [0.05, 0.1) is 30.0 Å². The van der Waals surface area contributed by atoms with Crippen LogP contribution in [0.15, 0.2) is 17.1 Å². The lowest BCUT2D eigenvalue weighted by Gasteiger charge is -2.23. The van der Waals surface area contributed by atoms with Crippen LogP contribution in [0.2, 0.25) is 0 Å². The van der Waals surface area contributed by atoms with Gasteiger partial charge in [0.2, 0.25) is 6.41 Å². The van der Waals surface area contributed by atoms with E-state index in [0.717, 1.165) is 17.0 Å². The van der Waals surface area contributed by atoms with Gasteiger partial charge in [0.15, 0.2) is 0 Å². The predicted molar refractivity (Wildman–Crippen MR) is 151 cm³/mol. The number of carbonyl (C=O) groups is 3. The molecule has 0 bridgehead atoms. The zero-order chi connectivity index (χ0) is 29.3. The molecule has 0 aromatic carbocycles. The fourth-order valence-electron chi connectivity index (χ4n) is 4.68. The van der Waals surface area contributed by atoms with Crippen molar-refractivity contribution in [3.63, 3.8) is 0 Å². The van der Waals surface area contributed by atoms with Crippen molar-refractivity contribution in [2.45, 2.75) is 53.5 Å². The summed E-state index contributed by atoms with van der Waals surface area (Å²) in [4.78, 5) is 67.3. The average molecular weight is 570 g/mol. The van der Waals surface area contributed by atoms with Gasteiger partial charge < -0.3 is 9.80 Å². The number of H-pyrrole nitrogens is 1. The molecule has 1 atom stereocenters. The number of anilines is 1. The summed E-state index contributed by atoms with van der Waals surface area (Å²) in [5, 5.41) is 6.46. The van der Waals surface area contributed by atoms with E-state index in [2.05, 4.69) is 9.97 Å². The Labute approximate surface area is 236 Å². The lowest BCUT2D eigenvalue weighted by atomic mass is 10.0. The summed E-state index contributed by atoms with van der Waals surface area (Å²) in [5.74, 6) is -0.173. The van der Waals surface area contributed by atoms with Crippen LogP contribution < -0.4 is 10.6 Å². The summed E-state index contributed by atoms with van der Waals surface area (Å²) < 4.78 is 1.65. The molecule has 3 aromatic heterocycles. The van der Waals surface area contributed by atoms with E-state index in [1.807, 2.05) is 34.6 Å². The molecule has 0 aliphatic carbocycles. The van der Waals surface area contributed by atoms with Crippen LogP contribution in [0.1, 0.15) is 70.2 Å². The van der Waals surface area contributed by atoms with Crippen molar-refractivity contribution in [3.8, 4) is 5.82 Å². The van der Waals surface area contributed by atoms with Crippen molar-refractivity contribution >= 4 is 34.6 Å². The van der Waals surface area contributed by atoms with E-state index in [4.69, 9.17) is 9.94 Å².